The summed E-state index contributed by atoms with van der Waals surface area (Å²) in [7, 11) is 4.51. The van der Waals surface area contributed by atoms with Crippen LogP contribution in [-0.4, -0.2) is 39.2 Å². The first-order chi connectivity index (χ1) is 13.8. The van der Waals surface area contributed by atoms with Crippen molar-refractivity contribution in [3.05, 3.63) is 47.0 Å². The topological polar surface area (TPSA) is 85.9 Å². The van der Waals surface area contributed by atoms with E-state index in [2.05, 4.69) is 10.6 Å². The van der Waals surface area contributed by atoms with Crippen LogP contribution in [0.25, 0.3) is 0 Å². The number of hydrogen-bond acceptors (Lipinski definition) is 5. The summed E-state index contributed by atoms with van der Waals surface area (Å²) in [5, 5.41) is 5.87. The summed E-state index contributed by atoms with van der Waals surface area (Å²) in [6, 6.07) is 8.99. The van der Waals surface area contributed by atoms with E-state index in [9.17, 15) is 9.59 Å². The van der Waals surface area contributed by atoms with Gasteiger partial charge in [-0.15, -0.1) is 0 Å². The molecule has 2 amide bonds. The Labute approximate surface area is 175 Å². The fourth-order valence-corrected chi connectivity index (χ4v) is 2.91. The molecule has 0 saturated carbocycles. The first-order valence-corrected chi connectivity index (χ1v) is 9.35. The Hall–Kier alpha value is -2.93. The molecule has 0 aliphatic rings. The molecule has 0 fully saturated rings. The molecule has 0 aliphatic carbocycles. The lowest BCUT2D eigenvalue weighted by atomic mass is 10.0. The minimum absolute atomic E-state index is 0.156. The van der Waals surface area contributed by atoms with Crippen LogP contribution >= 0.6 is 11.6 Å². The van der Waals surface area contributed by atoms with E-state index < -0.39 is 6.04 Å². The number of carbonyl (C=O) groups excluding carboxylic acids is 2. The van der Waals surface area contributed by atoms with E-state index in [0.717, 1.165) is 0 Å². The zero-order valence-corrected chi connectivity index (χ0v) is 17.8. The van der Waals surface area contributed by atoms with Crippen molar-refractivity contribution in [1.29, 1.82) is 0 Å². The maximum Gasteiger partial charge on any atom is 0.251 e. The van der Waals surface area contributed by atoms with Crippen LogP contribution in [0.15, 0.2) is 36.4 Å². The minimum atomic E-state index is -0.768. The zero-order valence-electron chi connectivity index (χ0n) is 17.0. The molecule has 7 nitrogen and oxygen atoms in total. The van der Waals surface area contributed by atoms with E-state index in [0.29, 0.717) is 33.5 Å². The zero-order chi connectivity index (χ0) is 21.6. The molecule has 2 aromatic carbocycles. The van der Waals surface area contributed by atoms with E-state index in [1.807, 2.05) is 13.8 Å². The highest BCUT2D eigenvalue weighted by molar-refractivity contribution is 6.32. The van der Waals surface area contributed by atoms with Gasteiger partial charge in [-0.3, -0.25) is 9.59 Å². The Morgan fingerprint density at radius 1 is 0.931 bits per heavy atom. The van der Waals surface area contributed by atoms with Gasteiger partial charge < -0.3 is 24.8 Å². The summed E-state index contributed by atoms with van der Waals surface area (Å²) in [4.78, 5) is 25.5. The Balaban J connectivity index is 2.19. The molecule has 0 aliphatic heterocycles. The van der Waals surface area contributed by atoms with Gasteiger partial charge in [0.1, 0.15) is 23.3 Å². The van der Waals surface area contributed by atoms with Gasteiger partial charge in [0.15, 0.2) is 0 Å². The van der Waals surface area contributed by atoms with E-state index in [1.165, 1.54) is 14.2 Å². The van der Waals surface area contributed by atoms with Gasteiger partial charge in [0.25, 0.3) is 5.91 Å². The molecule has 1 unspecified atom stereocenters. The molecule has 8 heteroatoms. The van der Waals surface area contributed by atoms with Gasteiger partial charge in [-0.2, -0.15) is 0 Å². The quantitative estimate of drug-likeness (QED) is 0.679. The molecule has 29 heavy (non-hydrogen) atoms. The molecule has 1 atom stereocenters. The average molecular weight is 421 g/mol. The number of nitrogens with one attached hydrogen (secondary N) is 2. The van der Waals surface area contributed by atoms with Crippen molar-refractivity contribution in [3.8, 4) is 17.2 Å². The van der Waals surface area contributed by atoms with Gasteiger partial charge in [-0.1, -0.05) is 25.4 Å². The molecule has 0 saturated heterocycles. The Morgan fingerprint density at radius 3 is 2.07 bits per heavy atom. The largest absolute Gasteiger partial charge is 0.497 e. The number of ether oxygens (including phenoxy) is 3. The maximum absolute atomic E-state index is 12.9. The number of hydrogen-bond donors (Lipinski definition) is 2. The Kier molecular flexibility index (Phi) is 7.73. The normalized spacial score (nSPS) is 11.6. The van der Waals surface area contributed by atoms with Crippen LogP contribution in [0.4, 0.5) is 5.69 Å². The van der Waals surface area contributed by atoms with Gasteiger partial charge in [-0.05, 0) is 36.2 Å². The number of anilines is 1. The van der Waals surface area contributed by atoms with Gasteiger partial charge in [0.05, 0.1) is 32.0 Å². The highest BCUT2D eigenvalue weighted by Crippen LogP contribution is 2.36. The van der Waals surface area contributed by atoms with E-state index >= 15 is 0 Å². The third-order valence-electron chi connectivity index (χ3n) is 4.32. The Bertz CT molecular complexity index is 868. The Morgan fingerprint density at radius 2 is 1.55 bits per heavy atom. The van der Waals surface area contributed by atoms with Gasteiger partial charge >= 0.3 is 0 Å². The van der Waals surface area contributed by atoms with E-state index in [-0.39, 0.29) is 17.7 Å². The smallest absolute Gasteiger partial charge is 0.251 e. The summed E-state index contributed by atoms with van der Waals surface area (Å²) >= 11 is 6.16. The molecule has 0 aromatic heterocycles. The second kappa shape index (κ2) is 10.0. The molecule has 0 spiro atoms. The van der Waals surface area contributed by atoms with Crippen LogP contribution in [0, 0.1) is 5.92 Å². The molecule has 0 radical (unpaired) electrons. The number of carbonyl (C=O) groups is 2. The molecule has 0 bridgehead atoms. The lowest BCUT2D eigenvalue weighted by Crippen LogP contribution is -2.47. The van der Waals surface area contributed by atoms with Gasteiger partial charge in [0.2, 0.25) is 5.91 Å². The van der Waals surface area contributed by atoms with Crippen LogP contribution in [0.5, 0.6) is 17.2 Å². The molecule has 2 aromatic rings. The van der Waals surface area contributed by atoms with E-state index in [1.54, 1.807) is 43.5 Å². The molecule has 0 heterocycles. The van der Waals surface area contributed by atoms with Crippen LogP contribution in [0.1, 0.15) is 24.2 Å². The van der Waals surface area contributed by atoms with Crippen LogP contribution in [0.3, 0.4) is 0 Å². The van der Waals surface area contributed by atoms with Crippen LogP contribution in [-0.2, 0) is 4.79 Å². The number of amides is 2. The van der Waals surface area contributed by atoms with Crippen LogP contribution in [0.2, 0.25) is 5.02 Å². The third-order valence-corrected chi connectivity index (χ3v) is 4.62. The SMILES string of the molecule is COc1ccc(C(=O)NC(C(=O)Nc2cc(Cl)c(OC)cc2OC)C(C)C)cc1. The molecule has 156 valence electrons. The van der Waals surface area contributed by atoms with Crippen molar-refractivity contribution in [3.63, 3.8) is 0 Å². The van der Waals surface area contributed by atoms with Gasteiger partial charge in [-0.25, -0.2) is 0 Å². The summed E-state index contributed by atoms with van der Waals surface area (Å²) in [6.45, 7) is 3.69. The second-order valence-electron chi connectivity index (χ2n) is 6.60. The second-order valence-corrected chi connectivity index (χ2v) is 7.01. The lowest BCUT2D eigenvalue weighted by Gasteiger charge is -2.22. The third kappa shape index (κ3) is 5.54. The number of halogens is 1. The van der Waals surface area contributed by atoms with Crippen molar-refractivity contribution in [1.82, 2.24) is 5.32 Å². The summed E-state index contributed by atoms with van der Waals surface area (Å²) < 4.78 is 15.6. The average Bonchev–Trinajstić information content (AvgIpc) is 2.71. The summed E-state index contributed by atoms with van der Waals surface area (Å²) in [5.41, 5.74) is 0.807. The first-order valence-electron chi connectivity index (χ1n) is 8.98. The highest BCUT2D eigenvalue weighted by atomic mass is 35.5. The van der Waals surface area contributed by atoms with Crippen molar-refractivity contribution in [2.45, 2.75) is 19.9 Å². The monoisotopic (exact) mass is 420 g/mol. The van der Waals surface area contributed by atoms with Crippen molar-refractivity contribution in [2.75, 3.05) is 26.6 Å². The number of benzene rings is 2. The molecular weight excluding hydrogens is 396 g/mol. The summed E-state index contributed by atoms with van der Waals surface area (Å²) in [5.74, 6) is 0.557. The van der Waals surface area contributed by atoms with E-state index in [4.69, 9.17) is 25.8 Å². The molecular formula is C21H25ClN2O5. The maximum atomic E-state index is 12.9. The predicted octanol–water partition coefficient (Wildman–Crippen LogP) is 3.76. The summed E-state index contributed by atoms with van der Waals surface area (Å²) in [6.07, 6.45) is 0. The molecule has 2 rings (SSSR count). The van der Waals surface area contributed by atoms with Crippen LogP contribution < -0.4 is 24.8 Å². The lowest BCUT2D eigenvalue weighted by molar-refractivity contribution is -0.118. The molecule has 2 N–H and O–H groups in total. The fourth-order valence-electron chi connectivity index (χ4n) is 2.67. The van der Waals surface area contributed by atoms with Crippen molar-refractivity contribution < 1.29 is 23.8 Å². The van der Waals surface area contributed by atoms with Crippen molar-refractivity contribution >= 4 is 29.1 Å². The fraction of sp³-hybridized carbons (Fsp3) is 0.333. The number of methoxy groups -OCH3 is 3. The van der Waals surface area contributed by atoms with Crippen molar-refractivity contribution in [2.24, 2.45) is 5.92 Å². The highest BCUT2D eigenvalue weighted by Gasteiger charge is 2.26. The van der Waals surface area contributed by atoms with Gasteiger partial charge in [0, 0.05) is 11.6 Å². The standard InChI is InChI=1S/C21H25ClN2O5/c1-12(2)19(24-20(25)13-6-8-14(27-3)9-7-13)21(26)23-16-10-15(22)17(28-4)11-18(16)29-5/h6-12,19H,1-5H3,(H,23,26)(H,24,25). The number of rotatable bonds is 8. The first kappa shape index (κ1) is 22.4. The minimum Gasteiger partial charge on any atom is -0.497 e. The predicted molar refractivity (Wildman–Crippen MR) is 112 cm³/mol.